The quantitative estimate of drug-likeness (QED) is 0.735. The van der Waals surface area contributed by atoms with Crippen molar-refractivity contribution in [3.05, 3.63) is 24.0 Å². The van der Waals surface area contributed by atoms with Crippen LogP contribution in [0.5, 0.6) is 0 Å². The molecule has 1 unspecified atom stereocenters. The van der Waals surface area contributed by atoms with E-state index in [2.05, 4.69) is 11.9 Å². The average molecular weight is 178 g/mol. The topological polar surface area (TPSA) is 36.1 Å². The molecule has 1 fully saturated rings. The Morgan fingerprint density at radius 1 is 1.62 bits per heavy atom. The number of amides is 1. The Morgan fingerprint density at radius 3 is 3.00 bits per heavy atom. The lowest BCUT2D eigenvalue weighted by Crippen LogP contribution is -2.28. The number of carbonyl (C=O) groups excluding carboxylic acids is 1. The molecule has 13 heavy (non-hydrogen) atoms. The van der Waals surface area contributed by atoms with Gasteiger partial charge in [0.05, 0.1) is 6.04 Å². The summed E-state index contributed by atoms with van der Waals surface area (Å²) in [6.07, 6.45) is 3.61. The lowest BCUT2D eigenvalue weighted by atomic mass is 10.2. The highest BCUT2D eigenvalue weighted by Crippen LogP contribution is 2.23. The molecule has 2 rings (SSSR count). The maximum atomic E-state index is 11.4. The van der Waals surface area contributed by atoms with Crippen molar-refractivity contribution in [3.8, 4) is 0 Å². The Hall–Kier alpha value is -1.25. The molecule has 1 amide bonds. The summed E-state index contributed by atoms with van der Waals surface area (Å²) in [5.74, 6) is 0.280. The van der Waals surface area contributed by atoms with E-state index in [1.165, 1.54) is 0 Å². The maximum Gasteiger partial charge on any atom is 0.223 e. The minimum absolute atomic E-state index is 0.199. The van der Waals surface area contributed by atoms with Crippen molar-refractivity contribution in [1.29, 1.82) is 0 Å². The summed E-state index contributed by atoms with van der Waals surface area (Å²) in [6, 6.07) is 4.19. The van der Waals surface area contributed by atoms with E-state index < -0.39 is 0 Å². The van der Waals surface area contributed by atoms with Gasteiger partial charge in [-0.2, -0.15) is 0 Å². The number of likely N-dealkylation sites (tertiary alicyclic amines) is 1. The molecular weight excluding hydrogens is 164 g/mol. The zero-order chi connectivity index (χ0) is 9.26. The molecule has 0 aliphatic carbocycles. The van der Waals surface area contributed by atoms with Crippen molar-refractivity contribution >= 4 is 5.91 Å². The van der Waals surface area contributed by atoms with Crippen LogP contribution in [0.25, 0.3) is 0 Å². The number of hydrogen-bond donors (Lipinski definition) is 1. The zero-order valence-corrected chi connectivity index (χ0v) is 7.79. The minimum atomic E-state index is 0.199. The standard InChI is InChI=1S/C10H14N2O/c1-8(9-4-2-6-11-9)12-7-3-5-10(12)13/h2,4,6,8,11H,3,5,7H2,1H3. The van der Waals surface area contributed by atoms with Crippen LogP contribution >= 0.6 is 0 Å². The second-order valence-electron chi connectivity index (χ2n) is 3.49. The summed E-state index contributed by atoms with van der Waals surface area (Å²) >= 11 is 0. The Morgan fingerprint density at radius 2 is 2.46 bits per heavy atom. The molecule has 1 aliphatic heterocycles. The molecule has 0 bridgehead atoms. The number of aromatic nitrogens is 1. The first-order valence-corrected chi connectivity index (χ1v) is 4.72. The maximum absolute atomic E-state index is 11.4. The molecule has 1 aromatic rings. The molecule has 0 radical (unpaired) electrons. The van der Waals surface area contributed by atoms with Gasteiger partial charge in [0, 0.05) is 24.9 Å². The number of H-pyrrole nitrogens is 1. The van der Waals surface area contributed by atoms with E-state index in [1.54, 1.807) is 0 Å². The Balaban J connectivity index is 2.13. The lowest BCUT2D eigenvalue weighted by molar-refractivity contribution is -0.129. The van der Waals surface area contributed by atoms with Crippen LogP contribution in [0.15, 0.2) is 18.3 Å². The van der Waals surface area contributed by atoms with Gasteiger partial charge in [0.2, 0.25) is 5.91 Å². The molecule has 2 heterocycles. The van der Waals surface area contributed by atoms with Crippen LogP contribution in [0.4, 0.5) is 0 Å². The van der Waals surface area contributed by atoms with Crippen molar-refractivity contribution in [2.24, 2.45) is 0 Å². The number of nitrogens with one attached hydrogen (secondary N) is 1. The lowest BCUT2D eigenvalue weighted by Gasteiger charge is -2.23. The normalized spacial score (nSPS) is 19.5. The predicted molar refractivity (Wildman–Crippen MR) is 50.2 cm³/mol. The highest BCUT2D eigenvalue weighted by atomic mass is 16.2. The molecule has 1 atom stereocenters. The largest absolute Gasteiger partial charge is 0.363 e. The summed E-state index contributed by atoms with van der Waals surface area (Å²) in [6.45, 7) is 2.97. The molecular formula is C10H14N2O. The highest BCUT2D eigenvalue weighted by Gasteiger charge is 2.25. The van der Waals surface area contributed by atoms with Gasteiger partial charge < -0.3 is 9.88 Å². The number of rotatable bonds is 2. The summed E-state index contributed by atoms with van der Waals surface area (Å²) in [4.78, 5) is 16.5. The van der Waals surface area contributed by atoms with Gasteiger partial charge in [0.25, 0.3) is 0 Å². The Kier molecular flexibility index (Phi) is 2.08. The highest BCUT2D eigenvalue weighted by molar-refractivity contribution is 5.78. The smallest absolute Gasteiger partial charge is 0.223 e. The van der Waals surface area contributed by atoms with Crippen molar-refractivity contribution in [3.63, 3.8) is 0 Å². The predicted octanol–water partition coefficient (Wildman–Crippen LogP) is 1.70. The van der Waals surface area contributed by atoms with Crippen LogP contribution in [0, 0.1) is 0 Å². The van der Waals surface area contributed by atoms with E-state index in [4.69, 9.17) is 0 Å². The van der Waals surface area contributed by atoms with Gasteiger partial charge in [-0.1, -0.05) is 0 Å². The monoisotopic (exact) mass is 178 g/mol. The molecule has 0 saturated carbocycles. The molecule has 1 saturated heterocycles. The second kappa shape index (κ2) is 3.24. The van der Waals surface area contributed by atoms with E-state index in [1.807, 2.05) is 23.2 Å². The summed E-state index contributed by atoms with van der Waals surface area (Å²) < 4.78 is 0. The van der Waals surface area contributed by atoms with Crippen LogP contribution in [0.1, 0.15) is 31.5 Å². The van der Waals surface area contributed by atoms with Crippen LogP contribution in [0.3, 0.4) is 0 Å². The van der Waals surface area contributed by atoms with Gasteiger partial charge in [-0.3, -0.25) is 4.79 Å². The molecule has 1 N–H and O–H groups in total. The van der Waals surface area contributed by atoms with Crippen LogP contribution in [-0.4, -0.2) is 22.3 Å². The van der Waals surface area contributed by atoms with E-state index in [-0.39, 0.29) is 11.9 Å². The third-order valence-electron chi connectivity index (χ3n) is 2.65. The molecule has 3 heteroatoms. The van der Waals surface area contributed by atoms with Crippen molar-refractivity contribution in [2.75, 3.05) is 6.54 Å². The first-order chi connectivity index (χ1) is 6.29. The Bertz CT molecular complexity index is 292. The van der Waals surface area contributed by atoms with Gasteiger partial charge in [-0.25, -0.2) is 0 Å². The third kappa shape index (κ3) is 1.46. The number of nitrogens with zero attached hydrogens (tertiary/aromatic N) is 1. The van der Waals surface area contributed by atoms with Gasteiger partial charge in [-0.15, -0.1) is 0 Å². The van der Waals surface area contributed by atoms with E-state index in [0.29, 0.717) is 6.42 Å². The van der Waals surface area contributed by atoms with Gasteiger partial charge in [-0.05, 0) is 25.5 Å². The fourth-order valence-corrected chi connectivity index (χ4v) is 1.85. The first-order valence-electron chi connectivity index (χ1n) is 4.72. The summed E-state index contributed by atoms with van der Waals surface area (Å²) in [7, 11) is 0. The zero-order valence-electron chi connectivity index (χ0n) is 7.79. The third-order valence-corrected chi connectivity index (χ3v) is 2.65. The minimum Gasteiger partial charge on any atom is -0.363 e. The molecule has 1 aliphatic rings. The van der Waals surface area contributed by atoms with Gasteiger partial charge in [0.1, 0.15) is 0 Å². The second-order valence-corrected chi connectivity index (χ2v) is 3.49. The van der Waals surface area contributed by atoms with Crippen LogP contribution < -0.4 is 0 Å². The molecule has 3 nitrogen and oxygen atoms in total. The molecule has 0 spiro atoms. The van der Waals surface area contributed by atoms with Crippen LogP contribution in [-0.2, 0) is 4.79 Å². The van der Waals surface area contributed by atoms with E-state index in [0.717, 1.165) is 18.7 Å². The van der Waals surface area contributed by atoms with Gasteiger partial charge >= 0.3 is 0 Å². The SMILES string of the molecule is CC(c1ccc[nH]1)N1CCCC1=O. The number of carbonyl (C=O) groups is 1. The number of aromatic amines is 1. The van der Waals surface area contributed by atoms with Crippen molar-refractivity contribution in [1.82, 2.24) is 9.88 Å². The molecule has 0 aromatic carbocycles. The fourth-order valence-electron chi connectivity index (χ4n) is 1.85. The average Bonchev–Trinajstić information content (AvgIpc) is 2.72. The van der Waals surface area contributed by atoms with Crippen molar-refractivity contribution < 1.29 is 4.79 Å². The van der Waals surface area contributed by atoms with E-state index in [9.17, 15) is 4.79 Å². The number of hydrogen-bond acceptors (Lipinski definition) is 1. The molecule has 70 valence electrons. The summed E-state index contributed by atoms with van der Waals surface area (Å²) in [5.41, 5.74) is 1.12. The van der Waals surface area contributed by atoms with E-state index >= 15 is 0 Å². The van der Waals surface area contributed by atoms with Crippen LogP contribution in [0.2, 0.25) is 0 Å². The van der Waals surface area contributed by atoms with Crippen molar-refractivity contribution in [2.45, 2.75) is 25.8 Å². The Labute approximate surface area is 77.7 Å². The summed E-state index contributed by atoms with van der Waals surface area (Å²) in [5, 5.41) is 0. The fraction of sp³-hybridized carbons (Fsp3) is 0.500. The first kappa shape index (κ1) is 8.35. The molecule has 1 aromatic heterocycles. The van der Waals surface area contributed by atoms with Gasteiger partial charge in [0.15, 0.2) is 0 Å².